The smallest absolute Gasteiger partial charge is 0.224 e. The van der Waals surface area contributed by atoms with E-state index in [1.165, 1.54) is 6.92 Å². The number of nitrogen functional groups attached to an aromatic ring is 1. The molecule has 0 unspecified atom stereocenters. The summed E-state index contributed by atoms with van der Waals surface area (Å²) in [4.78, 5) is 25.8. The number of fused-ring (bicyclic) bond motifs is 1. The van der Waals surface area contributed by atoms with Crippen LogP contribution in [-0.2, 0) is 9.59 Å². The predicted octanol–water partition coefficient (Wildman–Crippen LogP) is 5.85. The fraction of sp³-hybridized carbons (Fsp3) is 0.231. The van der Waals surface area contributed by atoms with Gasteiger partial charge < -0.3 is 21.3 Å². The Bertz CT molecular complexity index is 1230. The molecule has 2 atom stereocenters. The summed E-state index contributed by atoms with van der Waals surface area (Å²) < 4.78 is 0. The summed E-state index contributed by atoms with van der Waals surface area (Å²) in [6.07, 6.45) is 0.740. The van der Waals surface area contributed by atoms with Gasteiger partial charge in [-0.1, -0.05) is 29.8 Å². The average molecular weight is 463 g/mol. The molecular formula is C26H27ClN4O2. The van der Waals surface area contributed by atoms with Crippen molar-refractivity contribution < 1.29 is 9.59 Å². The lowest BCUT2D eigenvalue weighted by molar-refractivity contribution is -0.117. The second-order valence-corrected chi connectivity index (χ2v) is 8.85. The van der Waals surface area contributed by atoms with Crippen molar-refractivity contribution in [2.24, 2.45) is 0 Å². The van der Waals surface area contributed by atoms with E-state index in [-0.39, 0.29) is 23.9 Å². The maximum absolute atomic E-state index is 12.5. The quantitative estimate of drug-likeness (QED) is 0.424. The van der Waals surface area contributed by atoms with Gasteiger partial charge in [0.2, 0.25) is 11.8 Å². The van der Waals surface area contributed by atoms with E-state index in [1.807, 2.05) is 53.4 Å². The lowest BCUT2D eigenvalue weighted by Crippen LogP contribution is -2.43. The molecule has 0 saturated heterocycles. The number of nitrogens with one attached hydrogen (secondary N) is 2. The predicted molar refractivity (Wildman–Crippen MR) is 136 cm³/mol. The maximum Gasteiger partial charge on any atom is 0.224 e. The fourth-order valence-electron chi connectivity index (χ4n) is 4.46. The molecule has 1 aliphatic rings. The van der Waals surface area contributed by atoms with E-state index < -0.39 is 0 Å². The summed E-state index contributed by atoms with van der Waals surface area (Å²) in [5.41, 5.74) is 11.9. The average Bonchev–Trinajstić information content (AvgIpc) is 2.75. The van der Waals surface area contributed by atoms with E-state index in [0.717, 1.165) is 40.2 Å². The Balaban J connectivity index is 1.76. The van der Waals surface area contributed by atoms with Crippen LogP contribution < -0.4 is 21.3 Å². The summed E-state index contributed by atoms with van der Waals surface area (Å²) in [7, 11) is 0. The number of rotatable bonds is 4. The molecule has 33 heavy (non-hydrogen) atoms. The van der Waals surface area contributed by atoms with E-state index >= 15 is 0 Å². The first-order valence-electron chi connectivity index (χ1n) is 10.9. The van der Waals surface area contributed by atoms with Crippen LogP contribution in [0.5, 0.6) is 0 Å². The largest absolute Gasteiger partial charge is 0.398 e. The molecule has 6 nitrogen and oxygen atoms in total. The van der Waals surface area contributed by atoms with Crippen LogP contribution in [0.3, 0.4) is 0 Å². The number of hydrogen-bond donors (Lipinski definition) is 3. The molecule has 4 rings (SSSR count). The molecule has 0 bridgehead atoms. The molecule has 0 saturated carbocycles. The van der Waals surface area contributed by atoms with Crippen LogP contribution in [0.2, 0.25) is 5.02 Å². The van der Waals surface area contributed by atoms with Crippen molar-refractivity contribution >= 4 is 46.2 Å². The molecule has 2 amide bonds. The maximum atomic E-state index is 12.5. The number of nitrogens with two attached hydrogens (primary N) is 1. The zero-order valence-corrected chi connectivity index (χ0v) is 19.6. The number of amides is 2. The SMILES string of the molecule is CC(=O)Nc1cccc(-c2ccc3c(c2)[C@H](Nc2ccc(N)c(Cl)c2)C[C@H](C)N3C(C)=O)c1. The molecule has 1 heterocycles. The molecule has 0 fully saturated rings. The van der Waals surface area contributed by atoms with Gasteiger partial charge >= 0.3 is 0 Å². The van der Waals surface area contributed by atoms with Gasteiger partial charge in [-0.05, 0) is 72.5 Å². The number of benzene rings is 3. The van der Waals surface area contributed by atoms with Crippen molar-refractivity contribution in [1.82, 2.24) is 0 Å². The van der Waals surface area contributed by atoms with Crippen LogP contribution in [0.1, 0.15) is 38.8 Å². The second kappa shape index (κ2) is 9.16. The number of carbonyl (C=O) groups is 2. The van der Waals surface area contributed by atoms with Crippen LogP contribution in [0, 0.1) is 0 Å². The molecule has 0 spiro atoms. The molecular weight excluding hydrogens is 436 g/mol. The van der Waals surface area contributed by atoms with Crippen molar-refractivity contribution in [3.05, 3.63) is 71.2 Å². The molecule has 3 aromatic rings. The van der Waals surface area contributed by atoms with Crippen LogP contribution in [0.15, 0.2) is 60.7 Å². The van der Waals surface area contributed by atoms with Crippen molar-refractivity contribution in [2.75, 3.05) is 21.3 Å². The normalized spacial score (nSPS) is 17.3. The minimum absolute atomic E-state index is 0.0122. The first kappa shape index (κ1) is 22.7. The van der Waals surface area contributed by atoms with Gasteiger partial charge in [-0.2, -0.15) is 0 Å². The highest BCUT2D eigenvalue weighted by Crippen LogP contribution is 2.41. The van der Waals surface area contributed by atoms with Gasteiger partial charge in [0.15, 0.2) is 0 Å². The molecule has 170 valence electrons. The van der Waals surface area contributed by atoms with Crippen molar-refractivity contribution in [3.8, 4) is 11.1 Å². The number of hydrogen-bond acceptors (Lipinski definition) is 4. The van der Waals surface area contributed by atoms with E-state index in [0.29, 0.717) is 10.7 Å². The lowest BCUT2D eigenvalue weighted by atomic mass is 9.88. The van der Waals surface area contributed by atoms with Crippen molar-refractivity contribution in [3.63, 3.8) is 0 Å². The van der Waals surface area contributed by atoms with Crippen molar-refractivity contribution in [2.45, 2.75) is 39.3 Å². The summed E-state index contributed by atoms with van der Waals surface area (Å²) >= 11 is 6.23. The zero-order chi connectivity index (χ0) is 23.7. The van der Waals surface area contributed by atoms with Crippen LogP contribution in [0.25, 0.3) is 11.1 Å². The van der Waals surface area contributed by atoms with Crippen LogP contribution >= 0.6 is 11.6 Å². The molecule has 0 radical (unpaired) electrons. The summed E-state index contributed by atoms with van der Waals surface area (Å²) in [5, 5.41) is 6.90. The van der Waals surface area contributed by atoms with E-state index in [1.54, 1.807) is 13.0 Å². The Morgan fingerprint density at radius 2 is 1.76 bits per heavy atom. The minimum atomic E-state index is -0.116. The van der Waals surface area contributed by atoms with E-state index in [4.69, 9.17) is 17.3 Å². The Kier molecular flexibility index (Phi) is 6.29. The third kappa shape index (κ3) is 4.81. The Morgan fingerprint density at radius 1 is 1.00 bits per heavy atom. The molecule has 7 heteroatoms. The minimum Gasteiger partial charge on any atom is -0.398 e. The van der Waals surface area contributed by atoms with Gasteiger partial charge in [-0.15, -0.1) is 0 Å². The van der Waals surface area contributed by atoms with Gasteiger partial charge in [0.1, 0.15) is 0 Å². The highest BCUT2D eigenvalue weighted by Gasteiger charge is 2.32. The van der Waals surface area contributed by atoms with Gasteiger partial charge in [0.05, 0.1) is 16.8 Å². The number of anilines is 4. The molecule has 1 aliphatic heterocycles. The van der Waals surface area contributed by atoms with Gasteiger partial charge in [0, 0.05) is 37.0 Å². The highest BCUT2D eigenvalue weighted by atomic mass is 35.5. The fourth-order valence-corrected chi connectivity index (χ4v) is 4.64. The summed E-state index contributed by atoms with van der Waals surface area (Å²) in [5.74, 6) is -0.103. The molecule has 0 aliphatic carbocycles. The third-order valence-corrected chi connectivity index (χ3v) is 6.20. The first-order valence-corrected chi connectivity index (χ1v) is 11.2. The topological polar surface area (TPSA) is 87.5 Å². The summed E-state index contributed by atoms with van der Waals surface area (Å²) in [6.45, 7) is 5.14. The van der Waals surface area contributed by atoms with Crippen molar-refractivity contribution in [1.29, 1.82) is 0 Å². The number of carbonyl (C=O) groups excluding carboxylic acids is 2. The Hall–Kier alpha value is -3.51. The second-order valence-electron chi connectivity index (χ2n) is 8.44. The molecule has 0 aromatic heterocycles. The summed E-state index contributed by atoms with van der Waals surface area (Å²) in [6, 6.07) is 19.4. The first-order chi connectivity index (χ1) is 15.7. The van der Waals surface area contributed by atoms with Gasteiger partial charge in [-0.25, -0.2) is 0 Å². The van der Waals surface area contributed by atoms with E-state index in [2.05, 4.69) is 23.6 Å². The highest BCUT2D eigenvalue weighted by molar-refractivity contribution is 6.33. The van der Waals surface area contributed by atoms with Gasteiger partial charge in [0.25, 0.3) is 0 Å². The van der Waals surface area contributed by atoms with Crippen LogP contribution in [-0.4, -0.2) is 17.9 Å². The zero-order valence-electron chi connectivity index (χ0n) is 18.9. The monoisotopic (exact) mass is 462 g/mol. The third-order valence-electron chi connectivity index (χ3n) is 5.88. The Morgan fingerprint density at radius 3 is 2.45 bits per heavy atom. The molecule has 4 N–H and O–H groups in total. The number of nitrogens with zero attached hydrogens (tertiary/aromatic N) is 1. The standard InChI is InChI=1S/C26H27ClN4O2/c1-15-11-25(30-21-8-9-24(28)23(27)14-21)22-13-19(7-10-26(22)31(15)17(3)33)18-5-4-6-20(12-18)29-16(2)32/h4-10,12-15,25,30H,11,28H2,1-3H3,(H,29,32)/t15-,25+/m0/s1. The van der Waals surface area contributed by atoms with E-state index in [9.17, 15) is 9.59 Å². The Labute approximate surface area is 198 Å². The van der Waals surface area contributed by atoms with Crippen LogP contribution in [0.4, 0.5) is 22.7 Å². The lowest BCUT2D eigenvalue weighted by Gasteiger charge is -2.40. The number of halogens is 1. The molecule has 3 aromatic carbocycles. The van der Waals surface area contributed by atoms with Gasteiger partial charge in [-0.3, -0.25) is 9.59 Å².